The Bertz CT molecular complexity index is 929. The summed E-state index contributed by atoms with van der Waals surface area (Å²) < 4.78 is 41.6. The zero-order valence-corrected chi connectivity index (χ0v) is 18.4. The fourth-order valence-electron chi connectivity index (χ4n) is 2.93. The van der Waals surface area contributed by atoms with E-state index in [1.807, 2.05) is 20.8 Å². The molecule has 1 atom stereocenters. The molecular formula is C21H26ClFN2O3S. The molecular weight excluding hydrogens is 415 g/mol. The minimum absolute atomic E-state index is 0.0271. The molecule has 0 aliphatic heterocycles. The van der Waals surface area contributed by atoms with Gasteiger partial charge in [0.15, 0.2) is 0 Å². The van der Waals surface area contributed by atoms with Crippen LogP contribution in [0.25, 0.3) is 0 Å². The minimum Gasteiger partial charge on any atom is -0.353 e. The molecule has 0 aliphatic rings. The number of carbonyl (C=O) groups excluding carboxylic acids is 1. The van der Waals surface area contributed by atoms with E-state index in [2.05, 4.69) is 5.32 Å². The topological polar surface area (TPSA) is 66.5 Å². The molecule has 2 aromatic rings. The second-order valence-corrected chi connectivity index (χ2v) is 9.39. The Balaban J connectivity index is 2.36. The number of carbonyl (C=O) groups is 1. The van der Waals surface area contributed by atoms with Crippen molar-refractivity contribution in [3.63, 3.8) is 0 Å². The monoisotopic (exact) mass is 440 g/mol. The summed E-state index contributed by atoms with van der Waals surface area (Å²) in [6, 6.07) is 10.3. The lowest BCUT2D eigenvalue weighted by molar-refractivity contribution is -0.122. The number of nitrogens with one attached hydrogen (secondary N) is 1. The first-order chi connectivity index (χ1) is 13.6. The zero-order valence-electron chi connectivity index (χ0n) is 16.8. The number of sulfonamides is 1. The predicted octanol–water partition coefficient (Wildman–Crippen LogP) is 4.28. The Morgan fingerprint density at radius 3 is 2.45 bits per heavy atom. The molecule has 5 nitrogen and oxygen atoms in total. The molecule has 0 spiro atoms. The molecule has 0 unspecified atom stereocenters. The van der Waals surface area contributed by atoms with Gasteiger partial charge in [-0.05, 0) is 44.5 Å². The highest BCUT2D eigenvalue weighted by Crippen LogP contribution is 2.24. The summed E-state index contributed by atoms with van der Waals surface area (Å²) in [5.74, 6) is -1.07. The van der Waals surface area contributed by atoms with Gasteiger partial charge in [-0.25, -0.2) is 12.8 Å². The van der Waals surface area contributed by atoms with E-state index in [1.165, 1.54) is 30.3 Å². The molecule has 0 aliphatic carbocycles. The molecule has 0 fully saturated rings. The van der Waals surface area contributed by atoms with Crippen LogP contribution in [0.3, 0.4) is 0 Å². The maximum absolute atomic E-state index is 14.3. The molecule has 0 radical (unpaired) electrons. The van der Waals surface area contributed by atoms with E-state index < -0.39 is 28.3 Å². The highest BCUT2D eigenvalue weighted by Gasteiger charge is 2.28. The van der Waals surface area contributed by atoms with Gasteiger partial charge in [-0.3, -0.25) is 4.79 Å². The van der Waals surface area contributed by atoms with Crippen molar-refractivity contribution in [2.45, 2.75) is 51.1 Å². The molecule has 29 heavy (non-hydrogen) atoms. The molecule has 0 saturated carbocycles. The first-order valence-electron chi connectivity index (χ1n) is 9.44. The summed E-state index contributed by atoms with van der Waals surface area (Å²) in [5.41, 5.74) is 0.929. The molecule has 0 bridgehead atoms. The van der Waals surface area contributed by atoms with E-state index in [0.717, 1.165) is 22.7 Å². The number of aryl methyl sites for hydroxylation is 1. The number of halogens is 2. The van der Waals surface area contributed by atoms with Gasteiger partial charge in [-0.15, -0.1) is 0 Å². The van der Waals surface area contributed by atoms with Gasteiger partial charge < -0.3 is 5.32 Å². The maximum Gasteiger partial charge on any atom is 0.243 e. The van der Waals surface area contributed by atoms with Gasteiger partial charge in [0.05, 0.1) is 11.4 Å². The third-order valence-electron chi connectivity index (χ3n) is 4.50. The highest BCUT2D eigenvalue weighted by molar-refractivity contribution is 7.89. The van der Waals surface area contributed by atoms with Crippen molar-refractivity contribution in [1.29, 1.82) is 0 Å². The largest absolute Gasteiger partial charge is 0.353 e. The van der Waals surface area contributed by atoms with E-state index in [4.69, 9.17) is 11.6 Å². The third kappa shape index (κ3) is 6.26. The van der Waals surface area contributed by atoms with Crippen LogP contribution in [0.4, 0.5) is 4.39 Å². The fraction of sp³-hybridized carbons (Fsp3) is 0.381. The molecule has 2 rings (SSSR count). The lowest BCUT2D eigenvalue weighted by Crippen LogP contribution is -2.43. The third-order valence-corrected chi connectivity index (χ3v) is 6.66. The smallest absolute Gasteiger partial charge is 0.243 e. The maximum atomic E-state index is 14.3. The second-order valence-electron chi connectivity index (χ2n) is 7.04. The lowest BCUT2D eigenvalue weighted by Gasteiger charge is -2.24. The molecule has 0 aromatic heterocycles. The Kier molecular flexibility index (Phi) is 8.19. The number of hydrogen-bond acceptors (Lipinski definition) is 3. The van der Waals surface area contributed by atoms with Gasteiger partial charge in [0.1, 0.15) is 5.82 Å². The van der Waals surface area contributed by atoms with Crippen molar-refractivity contribution < 1.29 is 17.6 Å². The number of hydrogen-bond donors (Lipinski definition) is 1. The van der Waals surface area contributed by atoms with Crippen LogP contribution in [0.1, 0.15) is 37.8 Å². The van der Waals surface area contributed by atoms with Crippen molar-refractivity contribution in [1.82, 2.24) is 9.62 Å². The summed E-state index contributed by atoms with van der Waals surface area (Å²) in [6.07, 6.45) is 1.66. The SMILES string of the molecule is CCC[C@H](C)NC(=O)CN(Cc1c(F)cccc1Cl)S(=O)(=O)c1ccc(C)cc1. The summed E-state index contributed by atoms with van der Waals surface area (Å²) in [6.45, 7) is 4.91. The highest BCUT2D eigenvalue weighted by atomic mass is 35.5. The van der Waals surface area contributed by atoms with Crippen molar-refractivity contribution >= 4 is 27.5 Å². The van der Waals surface area contributed by atoms with Crippen LogP contribution in [0, 0.1) is 12.7 Å². The minimum atomic E-state index is -4.05. The van der Waals surface area contributed by atoms with E-state index >= 15 is 0 Å². The van der Waals surface area contributed by atoms with Crippen molar-refractivity contribution in [3.05, 3.63) is 64.4 Å². The van der Waals surface area contributed by atoms with Crippen LogP contribution in [0.2, 0.25) is 5.02 Å². The standard InChI is InChI=1S/C21H26ClFN2O3S/c1-4-6-16(3)24-21(26)14-25(13-18-19(22)7-5-8-20(18)23)29(27,28)17-11-9-15(2)10-12-17/h5,7-12,16H,4,6,13-14H2,1-3H3,(H,24,26)/t16-/m0/s1. The van der Waals surface area contributed by atoms with Crippen LogP contribution in [0.5, 0.6) is 0 Å². The average Bonchev–Trinajstić information content (AvgIpc) is 2.64. The van der Waals surface area contributed by atoms with Crippen LogP contribution in [-0.2, 0) is 21.4 Å². The fourth-order valence-corrected chi connectivity index (χ4v) is 4.52. The average molecular weight is 441 g/mol. The number of benzene rings is 2. The molecule has 0 heterocycles. The Hall–Kier alpha value is -1.96. The van der Waals surface area contributed by atoms with Crippen molar-refractivity contribution in [3.8, 4) is 0 Å². The summed E-state index contributed by atoms with van der Waals surface area (Å²) in [4.78, 5) is 12.5. The summed E-state index contributed by atoms with van der Waals surface area (Å²) in [5, 5.41) is 2.89. The van der Waals surface area contributed by atoms with Crippen molar-refractivity contribution in [2.24, 2.45) is 0 Å². The quantitative estimate of drug-likeness (QED) is 0.632. The van der Waals surface area contributed by atoms with Crippen LogP contribution >= 0.6 is 11.6 Å². The molecule has 8 heteroatoms. The van der Waals surface area contributed by atoms with Gasteiger partial charge in [0.25, 0.3) is 0 Å². The predicted molar refractivity (Wildman–Crippen MR) is 113 cm³/mol. The number of rotatable bonds is 9. The second kappa shape index (κ2) is 10.2. The zero-order chi connectivity index (χ0) is 21.6. The van der Waals surface area contributed by atoms with Gasteiger partial charge in [0, 0.05) is 23.2 Å². The summed E-state index contributed by atoms with van der Waals surface area (Å²) in [7, 11) is -4.05. The Morgan fingerprint density at radius 1 is 1.21 bits per heavy atom. The van der Waals surface area contributed by atoms with E-state index in [1.54, 1.807) is 12.1 Å². The Morgan fingerprint density at radius 2 is 1.86 bits per heavy atom. The molecule has 2 aromatic carbocycles. The van der Waals surface area contributed by atoms with Crippen LogP contribution < -0.4 is 5.32 Å². The van der Waals surface area contributed by atoms with E-state index in [0.29, 0.717) is 0 Å². The first-order valence-corrected chi connectivity index (χ1v) is 11.3. The molecule has 1 amide bonds. The first kappa shape index (κ1) is 23.3. The number of amides is 1. The van der Waals surface area contributed by atoms with Gasteiger partial charge in [-0.1, -0.05) is 48.7 Å². The van der Waals surface area contributed by atoms with Gasteiger partial charge >= 0.3 is 0 Å². The van der Waals surface area contributed by atoms with Gasteiger partial charge in [0.2, 0.25) is 15.9 Å². The van der Waals surface area contributed by atoms with Crippen LogP contribution in [-0.4, -0.2) is 31.2 Å². The number of nitrogens with zero attached hydrogens (tertiary/aromatic N) is 1. The molecule has 158 valence electrons. The lowest BCUT2D eigenvalue weighted by atomic mass is 10.2. The van der Waals surface area contributed by atoms with Crippen LogP contribution in [0.15, 0.2) is 47.4 Å². The molecule has 1 N–H and O–H groups in total. The molecule has 0 saturated heterocycles. The normalized spacial score (nSPS) is 12.8. The van der Waals surface area contributed by atoms with E-state index in [-0.39, 0.29) is 28.1 Å². The van der Waals surface area contributed by atoms with Gasteiger partial charge in [-0.2, -0.15) is 4.31 Å². The summed E-state index contributed by atoms with van der Waals surface area (Å²) >= 11 is 6.09. The van der Waals surface area contributed by atoms with Crippen molar-refractivity contribution in [2.75, 3.05) is 6.54 Å². The Labute approximate surface area is 176 Å². The van der Waals surface area contributed by atoms with E-state index in [9.17, 15) is 17.6 Å².